The van der Waals surface area contributed by atoms with Gasteiger partial charge in [0.1, 0.15) is 0 Å². The molecule has 0 aromatic rings. The van der Waals surface area contributed by atoms with Crippen LogP contribution in [0.15, 0.2) is 0 Å². The van der Waals surface area contributed by atoms with E-state index in [0.717, 1.165) is 5.21 Å². The van der Waals surface area contributed by atoms with Crippen LogP contribution in [0.1, 0.15) is 19.8 Å². The molecule has 0 fully saturated rings. The standard InChI is InChI=1S/C6H14ClS/c1-3-4-5-8(2)6-7/h8H,2-6H2,1H3. The van der Waals surface area contributed by atoms with E-state index in [2.05, 4.69) is 13.2 Å². The summed E-state index contributed by atoms with van der Waals surface area (Å²) < 4.78 is 0. The number of thiol groups is 1. The number of alkyl halides is 1. The summed E-state index contributed by atoms with van der Waals surface area (Å²) in [5.74, 6) is 1.25. The van der Waals surface area contributed by atoms with Gasteiger partial charge in [0, 0.05) is 0 Å². The lowest BCUT2D eigenvalue weighted by Gasteiger charge is -2.08. The lowest BCUT2D eigenvalue weighted by molar-refractivity contribution is 0.895. The summed E-state index contributed by atoms with van der Waals surface area (Å²) in [6.07, 6.45) is 6.49. The molecule has 1 radical (unpaired) electrons. The minimum Gasteiger partial charge on any atom is -0.239 e. The molecule has 0 saturated heterocycles. The minimum atomic E-state index is -0.0688. The van der Waals surface area contributed by atoms with Gasteiger partial charge in [0.05, 0.1) is 5.21 Å². The Morgan fingerprint density at radius 2 is 2.25 bits per heavy atom. The Bertz CT molecular complexity index is 47.8. The minimum absolute atomic E-state index is 0.0688. The number of hydrogen-bond donors (Lipinski definition) is 1. The average Bonchev–Trinajstić information content (AvgIpc) is 1.83. The molecule has 0 aliphatic rings. The third-order valence-electron chi connectivity index (χ3n) is 0.997. The molecular weight excluding hydrogens is 140 g/mol. The van der Waals surface area contributed by atoms with Crippen molar-refractivity contribution in [3.05, 3.63) is 6.26 Å². The zero-order valence-electron chi connectivity index (χ0n) is 5.36. The lowest BCUT2D eigenvalue weighted by atomic mass is 10.4. The van der Waals surface area contributed by atoms with E-state index in [4.69, 9.17) is 11.6 Å². The maximum absolute atomic E-state index is 5.55. The molecule has 0 saturated carbocycles. The molecule has 1 unspecified atom stereocenters. The summed E-state index contributed by atoms with van der Waals surface area (Å²) in [4.78, 5) is 0. The molecule has 2 heteroatoms. The number of unbranched alkanes of at least 4 members (excludes halogenated alkanes) is 1. The van der Waals surface area contributed by atoms with Gasteiger partial charge in [0.15, 0.2) is 0 Å². The van der Waals surface area contributed by atoms with Crippen LogP contribution in [-0.4, -0.2) is 11.0 Å². The lowest BCUT2D eigenvalue weighted by Crippen LogP contribution is -1.84. The molecule has 0 nitrogen and oxygen atoms in total. The summed E-state index contributed by atoms with van der Waals surface area (Å²) >= 11 is 5.55. The molecule has 0 bridgehead atoms. The fourth-order valence-corrected chi connectivity index (χ4v) is 1.68. The molecule has 8 heavy (non-hydrogen) atoms. The van der Waals surface area contributed by atoms with E-state index in [1.165, 1.54) is 18.6 Å². The Hall–Kier alpha value is 0.640. The van der Waals surface area contributed by atoms with Gasteiger partial charge >= 0.3 is 0 Å². The highest BCUT2D eigenvalue weighted by atomic mass is 35.5. The van der Waals surface area contributed by atoms with Gasteiger partial charge in [0.25, 0.3) is 0 Å². The third-order valence-corrected chi connectivity index (χ3v) is 3.30. The van der Waals surface area contributed by atoms with Crippen molar-refractivity contribution in [2.75, 3.05) is 11.0 Å². The van der Waals surface area contributed by atoms with Crippen molar-refractivity contribution < 1.29 is 0 Å². The van der Waals surface area contributed by atoms with Crippen molar-refractivity contribution in [1.82, 2.24) is 0 Å². The van der Waals surface area contributed by atoms with Crippen molar-refractivity contribution in [3.63, 3.8) is 0 Å². The largest absolute Gasteiger partial charge is 0.239 e. The van der Waals surface area contributed by atoms with Gasteiger partial charge in [-0.25, -0.2) is 10.9 Å². The van der Waals surface area contributed by atoms with Crippen molar-refractivity contribution in [1.29, 1.82) is 0 Å². The maximum Gasteiger partial charge on any atom is 0.0503 e. The highest BCUT2D eigenvalue weighted by Crippen LogP contribution is 2.24. The monoisotopic (exact) mass is 153 g/mol. The van der Waals surface area contributed by atoms with Crippen molar-refractivity contribution in [2.24, 2.45) is 0 Å². The van der Waals surface area contributed by atoms with E-state index in [1.54, 1.807) is 0 Å². The van der Waals surface area contributed by atoms with E-state index >= 15 is 0 Å². The first-order valence-electron chi connectivity index (χ1n) is 2.92. The Labute approximate surface area is 60.0 Å². The first-order valence-corrected chi connectivity index (χ1v) is 5.35. The quantitative estimate of drug-likeness (QED) is 0.466. The van der Waals surface area contributed by atoms with Crippen LogP contribution in [0.25, 0.3) is 0 Å². The molecule has 0 rings (SSSR count). The van der Waals surface area contributed by atoms with Gasteiger partial charge in [-0.3, -0.25) is 0 Å². The summed E-state index contributed by atoms with van der Waals surface area (Å²) in [6, 6.07) is 0. The van der Waals surface area contributed by atoms with E-state index in [9.17, 15) is 0 Å². The van der Waals surface area contributed by atoms with Crippen LogP contribution in [-0.2, 0) is 0 Å². The van der Waals surface area contributed by atoms with Crippen LogP contribution in [0, 0.1) is 6.26 Å². The van der Waals surface area contributed by atoms with Crippen LogP contribution in [0.5, 0.6) is 0 Å². The molecule has 0 aliphatic carbocycles. The molecule has 51 valence electrons. The predicted molar refractivity (Wildman–Crippen MR) is 44.8 cm³/mol. The number of hydrogen-bond acceptors (Lipinski definition) is 0. The van der Waals surface area contributed by atoms with Gasteiger partial charge in [0.2, 0.25) is 0 Å². The van der Waals surface area contributed by atoms with Crippen molar-refractivity contribution in [3.8, 4) is 0 Å². The van der Waals surface area contributed by atoms with Gasteiger partial charge in [-0.15, -0.1) is 11.6 Å². The number of halogens is 1. The second kappa shape index (κ2) is 5.77. The third kappa shape index (κ3) is 4.79. The summed E-state index contributed by atoms with van der Waals surface area (Å²) in [5, 5.41) is 0.773. The second-order valence-electron chi connectivity index (χ2n) is 1.87. The zero-order valence-corrected chi connectivity index (χ0v) is 7.01. The smallest absolute Gasteiger partial charge is 0.0503 e. The highest BCUT2D eigenvalue weighted by molar-refractivity contribution is 8.18. The highest BCUT2D eigenvalue weighted by Gasteiger charge is 1.91. The van der Waals surface area contributed by atoms with E-state index in [1.807, 2.05) is 0 Å². The predicted octanol–water partition coefficient (Wildman–Crippen LogP) is 2.78. The summed E-state index contributed by atoms with van der Waals surface area (Å²) in [6.45, 7) is 2.19. The van der Waals surface area contributed by atoms with Crippen LogP contribution in [0.3, 0.4) is 0 Å². The Morgan fingerprint density at radius 3 is 2.62 bits per heavy atom. The fraction of sp³-hybridized carbons (Fsp3) is 0.833. The second-order valence-corrected chi connectivity index (χ2v) is 4.61. The first-order chi connectivity index (χ1) is 3.81. The molecule has 0 aliphatic heterocycles. The van der Waals surface area contributed by atoms with Crippen LogP contribution < -0.4 is 0 Å². The molecule has 1 atom stereocenters. The summed E-state index contributed by atoms with van der Waals surface area (Å²) in [5.41, 5.74) is 0. The average molecular weight is 154 g/mol. The van der Waals surface area contributed by atoms with E-state index in [0.29, 0.717) is 0 Å². The van der Waals surface area contributed by atoms with E-state index < -0.39 is 0 Å². The molecule has 0 aromatic heterocycles. The zero-order chi connectivity index (χ0) is 6.41. The van der Waals surface area contributed by atoms with Crippen molar-refractivity contribution in [2.45, 2.75) is 19.8 Å². The van der Waals surface area contributed by atoms with E-state index in [-0.39, 0.29) is 10.9 Å². The SMILES string of the molecule is [CH2][SH](CCl)CCCC. The van der Waals surface area contributed by atoms with Crippen molar-refractivity contribution >= 4 is 22.5 Å². The Kier molecular flexibility index (Phi) is 6.23. The maximum atomic E-state index is 5.55. The van der Waals surface area contributed by atoms with Gasteiger partial charge < -0.3 is 0 Å². The first kappa shape index (κ1) is 8.64. The van der Waals surface area contributed by atoms with Gasteiger partial charge in [-0.1, -0.05) is 13.3 Å². The molecular formula is C6H14ClS. The molecule has 0 aromatic carbocycles. The Balaban J connectivity index is 2.86. The molecule has 0 spiro atoms. The Morgan fingerprint density at radius 1 is 1.62 bits per heavy atom. The van der Waals surface area contributed by atoms with Crippen LogP contribution >= 0.6 is 22.5 Å². The van der Waals surface area contributed by atoms with Crippen LogP contribution in [0.4, 0.5) is 0 Å². The van der Waals surface area contributed by atoms with Gasteiger partial charge in [-0.2, -0.15) is 0 Å². The normalized spacial score (nSPS) is 16.1. The molecule has 0 N–H and O–H groups in total. The fourth-order valence-electron chi connectivity index (χ4n) is 0.441. The number of rotatable bonds is 4. The van der Waals surface area contributed by atoms with Gasteiger partial charge in [-0.05, 0) is 18.4 Å². The van der Waals surface area contributed by atoms with Crippen LogP contribution in [0.2, 0.25) is 0 Å². The topological polar surface area (TPSA) is 0 Å². The molecule has 0 amide bonds. The molecule has 0 heterocycles. The summed E-state index contributed by atoms with van der Waals surface area (Å²) in [7, 11) is -0.0688.